The number of hydrogen-bond acceptors (Lipinski definition) is 3. The van der Waals surface area contributed by atoms with Crippen molar-refractivity contribution in [3.63, 3.8) is 0 Å². The molecule has 0 spiro atoms. The lowest BCUT2D eigenvalue weighted by Gasteiger charge is -2.36. The summed E-state index contributed by atoms with van der Waals surface area (Å²) in [6, 6.07) is 21.5. The summed E-state index contributed by atoms with van der Waals surface area (Å²) in [5.74, 6) is 0. The van der Waals surface area contributed by atoms with E-state index in [-0.39, 0.29) is 0 Å². The van der Waals surface area contributed by atoms with E-state index in [9.17, 15) is 0 Å². The Bertz CT molecular complexity index is 777. The Kier molecular flexibility index (Phi) is 3.95. The molecule has 2 aromatic carbocycles. The van der Waals surface area contributed by atoms with Crippen LogP contribution in [0.5, 0.6) is 0 Å². The molecule has 1 aliphatic heterocycles. The highest BCUT2D eigenvalue weighted by Crippen LogP contribution is 2.18. The van der Waals surface area contributed by atoms with Gasteiger partial charge in [-0.3, -0.25) is 9.88 Å². The van der Waals surface area contributed by atoms with Gasteiger partial charge in [0.05, 0.1) is 5.52 Å². The van der Waals surface area contributed by atoms with Crippen LogP contribution in [0.15, 0.2) is 66.9 Å². The van der Waals surface area contributed by atoms with Crippen molar-refractivity contribution in [2.45, 2.75) is 6.54 Å². The van der Waals surface area contributed by atoms with E-state index in [1.54, 1.807) is 0 Å². The molecule has 0 N–H and O–H groups in total. The van der Waals surface area contributed by atoms with Gasteiger partial charge in [-0.2, -0.15) is 0 Å². The van der Waals surface area contributed by atoms with Crippen LogP contribution >= 0.6 is 0 Å². The highest BCUT2D eigenvalue weighted by molar-refractivity contribution is 5.78. The minimum Gasteiger partial charge on any atom is -0.369 e. The fraction of sp³-hybridized carbons (Fsp3) is 0.250. The number of aromatic nitrogens is 1. The van der Waals surface area contributed by atoms with Gasteiger partial charge >= 0.3 is 0 Å². The summed E-state index contributed by atoms with van der Waals surface area (Å²) in [7, 11) is 0. The average molecular weight is 303 g/mol. The van der Waals surface area contributed by atoms with Crippen LogP contribution < -0.4 is 4.90 Å². The van der Waals surface area contributed by atoms with Crippen LogP contribution in [0.3, 0.4) is 0 Å². The Morgan fingerprint density at radius 2 is 1.65 bits per heavy atom. The third-order valence-corrected chi connectivity index (χ3v) is 4.57. The van der Waals surface area contributed by atoms with Crippen molar-refractivity contribution in [3.8, 4) is 0 Å². The zero-order chi connectivity index (χ0) is 15.5. The third-order valence-electron chi connectivity index (χ3n) is 4.57. The van der Waals surface area contributed by atoms with Crippen LogP contribution in [0.2, 0.25) is 0 Å². The van der Waals surface area contributed by atoms with E-state index < -0.39 is 0 Å². The van der Waals surface area contributed by atoms with Crippen LogP contribution in [0.4, 0.5) is 5.69 Å². The van der Waals surface area contributed by atoms with E-state index in [4.69, 9.17) is 0 Å². The first kappa shape index (κ1) is 14.2. The number of benzene rings is 2. The molecule has 4 rings (SSSR count). The van der Waals surface area contributed by atoms with Crippen LogP contribution in [-0.4, -0.2) is 36.1 Å². The molecule has 0 unspecified atom stereocenters. The number of para-hydroxylation sites is 1. The Balaban J connectivity index is 1.40. The number of hydrogen-bond donors (Lipinski definition) is 0. The van der Waals surface area contributed by atoms with E-state index in [1.165, 1.54) is 16.6 Å². The molecule has 1 fully saturated rings. The summed E-state index contributed by atoms with van der Waals surface area (Å²) in [5, 5.41) is 1.23. The Labute approximate surface area is 137 Å². The molecule has 23 heavy (non-hydrogen) atoms. The lowest BCUT2D eigenvalue weighted by molar-refractivity contribution is 0.250. The maximum absolute atomic E-state index is 4.39. The molecule has 2 heterocycles. The molecule has 0 saturated carbocycles. The fourth-order valence-corrected chi connectivity index (χ4v) is 3.28. The van der Waals surface area contributed by atoms with Gasteiger partial charge in [0.15, 0.2) is 0 Å². The van der Waals surface area contributed by atoms with Gasteiger partial charge in [0.2, 0.25) is 0 Å². The predicted molar refractivity (Wildman–Crippen MR) is 95.7 cm³/mol. The minimum absolute atomic E-state index is 1.02. The van der Waals surface area contributed by atoms with Gasteiger partial charge in [0.1, 0.15) is 0 Å². The van der Waals surface area contributed by atoms with E-state index >= 15 is 0 Å². The molecular weight excluding hydrogens is 282 g/mol. The van der Waals surface area contributed by atoms with Gasteiger partial charge < -0.3 is 4.90 Å². The molecule has 1 aromatic heterocycles. The number of anilines is 1. The van der Waals surface area contributed by atoms with E-state index in [0.717, 1.165) is 38.2 Å². The van der Waals surface area contributed by atoms with Gasteiger partial charge in [-0.05, 0) is 35.9 Å². The van der Waals surface area contributed by atoms with E-state index in [0.29, 0.717) is 0 Å². The molecule has 0 aliphatic carbocycles. The summed E-state index contributed by atoms with van der Waals surface area (Å²) >= 11 is 0. The van der Waals surface area contributed by atoms with Gasteiger partial charge in [0.25, 0.3) is 0 Å². The van der Waals surface area contributed by atoms with Crippen molar-refractivity contribution in [3.05, 3.63) is 72.4 Å². The van der Waals surface area contributed by atoms with Gasteiger partial charge in [-0.15, -0.1) is 0 Å². The fourth-order valence-electron chi connectivity index (χ4n) is 3.28. The first-order valence-corrected chi connectivity index (χ1v) is 8.24. The molecule has 116 valence electrons. The zero-order valence-corrected chi connectivity index (χ0v) is 13.2. The normalized spacial score (nSPS) is 15.9. The van der Waals surface area contributed by atoms with Crippen LogP contribution in [0, 0.1) is 0 Å². The van der Waals surface area contributed by atoms with E-state index in [1.807, 2.05) is 12.3 Å². The predicted octanol–water partition coefficient (Wildman–Crippen LogP) is 3.56. The smallest absolute Gasteiger partial charge is 0.0702 e. The number of nitrogens with zero attached hydrogens (tertiary/aromatic N) is 3. The summed E-state index contributed by atoms with van der Waals surface area (Å²) in [6.45, 7) is 5.44. The van der Waals surface area contributed by atoms with Crippen molar-refractivity contribution in [2.24, 2.45) is 0 Å². The third kappa shape index (κ3) is 3.20. The molecule has 3 heteroatoms. The SMILES string of the molecule is c1ccc(N2CCN(Cc3ccc4ncccc4c3)CC2)cc1. The molecule has 3 nitrogen and oxygen atoms in total. The van der Waals surface area contributed by atoms with Crippen LogP contribution in [0.1, 0.15) is 5.56 Å². The molecule has 1 saturated heterocycles. The first-order chi connectivity index (χ1) is 11.4. The zero-order valence-electron chi connectivity index (χ0n) is 13.2. The summed E-state index contributed by atoms with van der Waals surface area (Å²) < 4.78 is 0. The summed E-state index contributed by atoms with van der Waals surface area (Å²) in [5.41, 5.74) is 3.78. The number of pyridine rings is 1. The molecule has 0 amide bonds. The standard InChI is InChI=1S/C20H21N3/c1-2-6-19(7-3-1)23-13-11-22(12-14-23)16-17-8-9-20-18(15-17)5-4-10-21-20/h1-10,15H,11-14,16H2. The molecule has 0 radical (unpaired) electrons. The second-order valence-corrected chi connectivity index (χ2v) is 6.13. The highest BCUT2D eigenvalue weighted by Gasteiger charge is 2.17. The Morgan fingerprint density at radius 3 is 2.48 bits per heavy atom. The molecule has 1 aliphatic rings. The number of rotatable bonds is 3. The van der Waals surface area contributed by atoms with Gasteiger partial charge in [-0.25, -0.2) is 0 Å². The van der Waals surface area contributed by atoms with Crippen LogP contribution in [-0.2, 0) is 6.54 Å². The van der Waals surface area contributed by atoms with Gasteiger partial charge in [-0.1, -0.05) is 30.3 Å². The van der Waals surface area contributed by atoms with Crippen molar-refractivity contribution in [1.29, 1.82) is 0 Å². The Hall–Kier alpha value is -2.39. The van der Waals surface area contributed by atoms with Crippen molar-refractivity contribution in [1.82, 2.24) is 9.88 Å². The Morgan fingerprint density at radius 1 is 0.826 bits per heavy atom. The van der Waals surface area contributed by atoms with Crippen molar-refractivity contribution < 1.29 is 0 Å². The molecule has 0 bridgehead atoms. The van der Waals surface area contributed by atoms with Gasteiger partial charge in [0, 0.05) is 50.0 Å². The van der Waals surface area contributed by atoms with Crippen LogP contribution in [0.25, 0.3) is 10.9 Å². The average Bonchev–Trinajstić information content (AvgIpc) is 2.63. The maximum atomic E-state index is 4.39. The first-order valence-electron chi connectivity index (χ1n) is 8.24. The lowest BCUT2D eigenvalue weighted by atomic mass is 10.1. The quantitative estimate of drug-likeness (QED) is 0.737. The lowest BCUT2D eigenvalue weighted by Crippen LogP contribution is -2.45. The molecular formula is C20H21N3. The molecule has 0 atom stereocenters. The van der Waals surface area contributed by atoms with E-state index in [2.05, 4.69) is 69.4 Å². The second kappa shape index (κ2) is 6.39. The number of fused-ring (bicyclic) bond motifs is 1. The van der Waals surface area contributed by atoms with Crippen molar-refractivity contribution in [2.75, 3.05) is 31.1 Å². The largest absolute Gasteiger partial charge is 0.369 e. The minimum atomic E-state index is 1.02. The highest BCUT2D eigenvalue weighted by atomic mass is 15.3. The van der Waals surface area contributed by atoms with Crippen molar-refractivity contribution >= 4 is 16.6 Å². The topological polar surface area (TPSA) is 19.4 Å². The summed E-state index contributed by atoms with van der Waals surface area (Å²) in [6.07, 6.45) is 1.85. The monoisotopic (exact) mass is 303 g/mol. The maximum Gasteiger partial charge on any atom is 0.0702 e. The second-order valence-electron chi connectivity index (χ2n) is 6.13. The molecule has 3 aromatic rings. The number of piperazine rings is 1. The summed E-state index contributed by atoms with van der Waals surface area (Å²) in [4.78, 5) is 9.40.